The summed E-state index contributed by atoms with van der Waals surface area (Å²) in [4.78, 5) is 4.47. The fourth-order valence-electron chi connectivity index (χ4n) is 2.19. The molecule has 2 fully saturated rings. The maximum absolute atomic E-state index is 11.2. The third-order valence-electron chi connectivity index (χ3n) is 3.01. The summed E-state index contributed by atoms with van der Waals surface area (Å²) >= 11 is 0. The van der Waals surface area contributed by atoms with Gasteiger partial charge >= 0.3 is 0 Å². The van der Waals surface area contributed by atoms with Crippen molar-refractivity contribution in [2.45, 2.75) is 37.4 Å². The molecule has 0 aromatic heterocycles. The maximum Gasteiger partial charge on any atom is 0.183 e. The van der Waals surface area contributed by atoms with Crippen molar-refractivity contribution in [3.05, 3.63) is 15.6 Å². The van der Waals surface area contributed by atoms with E-state index in [9.17, 15) is 15.6 Å². The molecule has 0 radical (unpaired) electrons. The minimum absolute atomic E-state index is 0.241. The Bertz CT molecular complexity index is 216. The van der Waals surface area contributed by atoms with Crippen molar-refractivity contribution >= 4 is 0 Å². The van der Waals surface area contributed by atoms with Crippen LogP contribution in [0.1, 0.15) is 19.3 Å². The van der Waals surface area contributed by atoms with E-state index in [0.717, 1.165) is 0 Å². The largest absolute Gasteiger partial charge is 0.600 e. The summed E-state index contributed by atoms with van der Waals surface area (Å²) in [6, 6.07) is -1.41. The molecule has 0 aromatic rings. The number of rotatable bonds is 1. The first kappa shape index (κ1) is 10.2. The average Bonchev–Trinajstić information content (AvgIpc) is 2.42. The van der Waals surface area contributed by atoms with Crippen molar-refractivity contribution in [2.24, 2.45) is 0 Å². The van der Waals surface area contributed by atoms with E-state index in [1.165, 1.54) is 0 Å². The molecule has 1 aliphatic carbocycles. The van der Waals surface area contributed by atoms with Crippen LogP contribution in [0.4, 0.5) is 0 Å². The lowest BCUT2D eigenvalue weighted by Crippen LogP contribution is -3.18. The highest BCUT2D eigenvalue weighted by Crippen LogP contribution is 2.15. The second kappa shape index (κ2) is 3.68. The van der Waals surface area contributed by atoms with Crippen LogP contribution in [0.2, 0.25) is 0 Å². The van der Waals surface area contributed by atoms with Crippen LogP contribution in [-0.2, 0) is 4.94 Å². The second-order valence-corrected chi connectivity index (χ2v) is 3.80. The van der Waals surface area contributed by atoms with Gasteiger partial charge in [0.15, 0.2) is 12.1 Å². The SMILES string of the molecule is [O-][NH+](O)[C@@H]1CC[C@H]2[C@@H](C1)[NH+]([O-])O[NH+]2[O-]. The number of quaternary nitrogens is 3. The molecule has 8 heteroatoms. The predicted octanol–water partition coefficient (Wildman–Crippen LogP) is -4.33. The van der Waals surface area contributed by atoms with Gasteiger partial charge in [0.1, 0.15) is 6.04 Å². The number of hydrogen-bond donors (Lipinski definition) is 4. The van der Waals surface area contributed by atoms with Crippen LogP contribution in [0.3, 0.4) is 0 Å². The van der Waals surface area contributed by atoms with Crippen LogP contribution in [-0.4, -0.2) is 23.3 Å². The first-order valence-corrected chi connectivity index (χ1v) is 4.58. The number of nitrogens with one attached hydrogen (secondary N) is 3. The standard InChI is InChI=1S/C6H13N3O5/c10-7(11)4-1-2-5-6(3-4)9(13)14-8(5)12/h4-10H,1-3H2/t4-,5+,6-/m1/s1. The van der Waals surface area contributed by atoms with E-state index < -0.39 is 33.8 Å². The molecular formula is C6H13N3O5. The zero-order valence-corrected chi connectivity index (χ0v) is 7.43. The summed E-state index contributed by atoms with van der Waals surface area (Å²) < 4.78 is 0. The minimum Gasteiger partial charge on any atom is -0.600 e. The average molecular weight is 207 g/mol. The number of hydroxylamine groups is 6. The Labute approximate surface area is 79.8 Å². The molecule has 0 bridgehead atoms. The van der Waals surface area contributed by atoms with Crippen molar-refractivity contribution in [1.29, 1.82) is 0 Å². The highest BCUT2D eigenvalue weighted by molar-refractivity contribution is 4.79. The topological polar surface area (TPSA) is 112 Å². The van der Waals surface area contributed by atoms with Crippen molar-refractivity contribution in [3.8, 4) is 0 Å². The van der Waals surface area contributed by atoms with Gasteiger partial charge in [0.25, 0.3) is 0 Å². The Morgan fingerprint density at radius 3 is 2.50 bits per heavy atom. The summed E-state index contributed by atoms with van der Waals surface area (Å²) in [6.45, 7) is 0. The molecule has 1 saturated carbocycles. The fourth-order valence-corrected chi connectivity index (χ4v) is 2.19. The molecule has 1 saturated heterocycles. The molecule has 4 N–H and O–H groups in total. The van der Waals surface area contributed by atoms with E-state index in [1.807, 2.05) is 0 Å². The van der Waals surface area contributed by atoms with Gasteiger partial charge in [0.05, 0.1) is 6.42 Å². The van der Waals surface area contributed by atoms with Crippen LogP contribution in [0.25, 0.3) is 0 Å². The quantitative estimate of drug-likeness (QED) is 0.256. The normalized spacial score (nSPS) is 50.1. The molecular weight excluding hydrogens is 194 g/mol. The first-order valence-electron chi connectivity index (χ1n) is 4.58. The van der Waals surface area contributed by atoms with Crippen molar-refractivity contribution in [1.82, 2.24) is 0 Å². The molecule has 0 spiro atoms. The molecule has 0 amide bonds. The van der Waals surface area contributed by atoms with Crippen molar-refractivity contribution in [3.63, 3.8) is 0 Å². The smallest absolute Gasteiger partial charge is 0.183 e. The van der Waals surface area contributed by atoms with Crippen LogP contribution < -0.4 is 15.7 Å². The maximum atomic E-state index is 11.2. The molecule has 3 unspecified atom stereocenters. The van der Waals surface area contributed by atoms with E-state index in [0.29, 0.717) is 12.8 Å². The molecule has 2 aliphatic rings. The van der Waals surface area contributed by atoms with Gasteiger partial charge in [-0.15, -0.1) is 0 Å². The van der Waals surface area contributed by atoms with Crippen LogP contribution in [0, 0.1) is 15.6 Å². The molecule has 14 heavy (non-hydrogen) atoms. The summed E-state index contributed by atoms with van der Waals surface area (Å²) in [5.74, 6) is 0. The Morgan fingerprint density at radius 2 is 1.86 bits per heavy atom. The van der Waals surface area contributed by atoms with Crippen LogP contribution >= 0.6 is 0 Å². The molecule has 82 valence electrons. The Hall–Kier alpha value is -0.320. The Morgan fingerprint density at radius 1 is 1.21 bits per heavy atom. The van der Waals surface area contributed by atoms with Gasteiger partial charge in [-0.3, -0.25) is 0 Å². The third-order valence-corrected chi connectivity index (χ3v) is 3.01. The highest BCUT2D eigenvalue weighted by Gasteiger charge is 2.49. The zero-order valence-electron chi connectivity index (χ0n) is 7.43. The van der Waals surface area contributed by atoms with Gasteiger partial charge in [-0.1, -0.05) is 0 Å². The second-order valence-electron chi connectivity index (χ2n) is 3.80. The van der Waals surface area contributed by atoms with Crippen molar-refractivity contribution in [2.75, 3.05) is 0 Å². The molecule has 0 aromatic carbocycles. The van der Waals surface area contributed by atoms with Gasteiger partial charge in [-0.25, -0.2) is 10.4 Å². The van der Waals surface area contributed by atoms with Crippen LogP contribution in [0.15, 0.2) is 0 Å². The molecule has 1 aliphatic heterocycles. The highest BCUT2D eigenvalue weighted by atomic mass is 17.1. The lowest BCUT2D eigenvalue weighted by molar-refractivity contribution is -1.27. The van der Waals surface area contributed by atoms with Gasteiger partial charge in [0, 0.05) is 12.8 Å². The van der Waals surface area contributed by atoms with E-state index in [2.05, 4.69) is 4.94 Å². The Kier molecular flexibility index (Phi) is 2.68. The molecule has 1 heterocycles. The first-order chi connectivity index (χ1) is 6.59. The van der Waals surface area contributed by atoms with Gasteiger partial charge in [-0.05, 0) is 4.94 Å². The van der Waals surface area contributed by atoms with Gasteiger partial charge in [0.2, 0.25) is 0 Å². The Balaban J connectivity index is 2.02. The number of hydrogen-bond acceptors (Lipinski definition) is 5. The van der Waals surface area contributed by atoms with Crippen molar-refractivity contribution < 1.29 is 25.8 Å². The van der Waals surface area contributed by atoms with E-state index >= 15 is 0 Å². The monoisotopic (exact) mass is 207 g/mol. The molecule has 2 rings (SSSR count). The zero-order chi connectivity index (χ0) is 10.3. The van der Waals surface area contributed by atoms with Gasteiger partial charge < -0.3 is 15.6 Å². The van der Waals surface area contributed by atoms with E-state index in [1.54, 1.807) is 0 Å². The summed E-state index contributed by atoms with van der Waals surface area (Å²) in [7, 11) is 0. The predicted molar refractivity (Wildman–Crippen MR) is 41.1 cm³/mol. The summed E-state index contributed by atoms with van der Waals surface area (Å²) in [5.41, 5.74) is 0. The van der Waals surface area contributed by atoms with E-state index in [4.69, 9.17) is 5.21 Å². The lowest BCUT2D eigenvalue weighted by Gasteiger charge is -2.32. The van der Waals surface area contributed by atoms with Gasteiger partial charge in [-0.2, -0.15) is 10.5 Å². The fraction of sp³-hybridized carbons (Fsp3) is 1.00. The van der Waals surface area contributed by atoms with E-state index in [-0.39, 0.29) is 6.42 Å². The molecule has 6 atom stereocenters. The lowest BCUT2D eigenvalue weighted by atomic mass is 9.88. The minimum atomic E-state index is -0.893. The third kappa shape index (κ3) is 1.62. The number of fused-ring (bicyclic) bond motifs is 1. The molecule has 8 nitrogen and oxygen atoms in total. The summed E-state index contributed by atoms with van der Waals surface area (Å²) in [5, 5.41) is 39.8. The summed E-state index contributed by atoms with van der Waals surface area (Å²) in [6.07, 6.45) is 1.15. The van der Waals surface area contributed by atoms with Crippen LogP contribution in [0.5, 0.6) is 0 Å².